The van der Waals surface area contributed by atoms with E-state index in [0.29, 0.717) is 11.5 Å². The largest absolute Gasteiger partial charge is 0.392 e. The van der Waals surface area contributed by atoms with Crippen molar-refractivity contribution >= 4 is 23.1 Å². The second kappa shape index (κ2) is 8.41. The Bertz CT molecular complexity index is 1240. The number of fused-ring (bicyclic) bond motifs is 3. The molecule has 0 bridgehead atoms. The number of aliphatic hydroxyl groups is 1. The molecule has 0 unspecified atom stereocenters. The number of aromatic nitrogens is 2. The normalized spacial score (nSPS) is 12.2. The van der Waals surface area contributed by atoms with E-state index in [0.717, 1.165) is 45.8 Å². The highest BCUT2D eigenvalue weighted by Crippen LogP contribution is 2.37. The summed E-state index contributed by atoms with van der Waals surface area (Å²) in [4.78, 5) is 23.5. The first kappa shape index (κ1) is 19.6. The van der Waals surface area contributed by atoms with Crippen molar-refractivity contribution in [3.8, 4) is 21.8 Å². The Balaban J connectivity index is 1.54. The number of hydrogen-bond acceptors (Lipinski definition) is 5. The van der Waals surface area contributed by atoms with Gasteiger partial charge in [0.15, 0.2) is 5.82 Å². The molecule has 2 aromatic heterocycles. The van der Waals surface area contributed by atoms with Crippen LogP contribution in [0.2, 0.25) is 0 Å². The number of rotatable bonds is 5. The highest BCUT2D eigenvalue weighted by molar-refractivity contribution is 7.13. The monoisotopic (exact) mass is 427 g/mol. The molecule has 5 rings (SSSR count). The van der Waals surface area contributed by atoms with Crippen molar-refractivity contribution in [3.63, 3.8) is 0 Å². The van der Waals surface area contributed by atoms with Crippen molar-refractivity contribution in [2.75, 3.05) is 5.32 Å². The van der Waals surface area contributed by atoms with Gasteiger partial charge < -0.3 is 10.4 Å². The van der Waals surface area contributed by atoms with Gasteiger partial charge in [0.05, 0.1) is 29.3 Å². The van der Waals surface area contributed by atoms with Crippen LogP contribution in [-0.4, -0.2) is 21.0 Å². The van der Waals surface area contributed by atoms with Crippen LogP contribution in [0.15, 0.2) is 66.0 Å². The molecule has 2 N–H and O–H groups in total. The minimum Gasteiger partial charge on any atom is -0.392 e. The molecule has 0 aliphatic heterocycles. The molecule has 1 aliphatic carbocycles. The summed E-state index contributed by atoms with van der Waals surface area (Å²) < 4.78 is 0. The van der Waals surface area contributed by atoms with E-state index in [4.69, 9.17) is 9.97 Å². The van der Waals surface area contributed by atoms with Crippen LogP contribution >= 0.6 is 11.3 Å². The number of nitrogens with zero attached hydrogens (tertiary/aromatic N) is 2. The Labute approximate surface area is 184 Å². The van der Waals surface area contributed by atoms with Crippen LogP contribution in [0.4, 0.5) is 5.82 Å². The lowest BCUT2D eigenvalue weighted by Crippen LogP contribution is -2.18. The van der Waals surface area contributed by atoms with Gasteiger partial charge >= 0.3 is 0 Å². The summed E-state index contributed by atoms with van der Waals surface area (Å²) in [6.07, 6.45) is 1.87. The van der Waals surface area contributed by atoms with Crippen LogP contribution in [0.1, 0.15) is 22.4 Å². The van der Waals surface area contributed by atoms with Crippen LogP contribution in [0.25, 0.3) is 21.8 Å². The highest BCUT2D eigenvalue weighted by atomic mass is 32.1. The van der Waals surface area contributed by atoms with Crippen LogP contribution < -0.4 is 5.32 Å². The summed E-state index contributed by atoms with van der Waals surface area (Å²) in [7, 11) is 0. The van der Waals surface area contributed by atoms with Crippen molar-refractivity contribution in [1.82, 2.24) is 9.97 Å². The van der Waals surface area contributed by atoms with Crippen LogP contribution in [0.5, 0.6) is 0 Å². The summed E-state index contributed by atoms with van der Waals surface area (Å²) in [6, 6.07) is 19.6. The van der Waals surface area contributed by atoms with E-state index in [2.05, 4.69) is 5.32 Å². The smallest absolute Gasteiger partial charge is 0.230 e. The van der Waals surface area contributed by atoms with Crippen molar-refractivity contribution < 1.29 is 9.90 Å². The lowest BCUT2D eigenvalue weighted by atomic mass is 9.90. The molecule has 154 valence electrons. The zero-order valence-corrected chi connectivity index (χ0v) is 17.7. The molecule has 0 radical (unpaired) electrons. The van der Waals surface area contributed by atoms with E-state index in [1.165, 1.54) is 5.56 Å². The lowest BCUT2D eigenvalue weighted by molar-refractivity contribution is -0.115. The highest BCUT2D eigenvalue weighted by Gasteiger charge is 2.23. The fourth-order valence-electron chi connectivity index (χ4n) is 3.93. The molecule has 0 spiro atoms. The van der Waals surface area contributed by atoms with Crippen molar-refractivity contribution in [2.45, 2.75) is 25.9 Å². The van der Waals surface area contributed by atoms with Gasteiger partial charge in [-0.1, -0.05) is 54.6 Å². The van der Waals surface area contributed by atoms with Gasteiger partial charge in [-0.3, -0.25) is 4.79 Å². The predicted molar refractivity (Wildman–Crippen MR) is 123 cm³/mol. The second-order valence-electron chi connectivity index (χ2n) is 7.55. The number of amides is 1. The molecule has 1 amide bonds. The molecule has 5 nitrogen and oxygen atoms in total. The number of thiophene rings is 1. The van der Waals surface area contributed by atoms with E-state index in [1.54, 1.807) is 11.3 Å². The molecule has 4 aromatic rings. The van der Waals surface area contributed by atoms with Gasteiger partial charge in [-0.05, 0) is 41.0 Å². The summed E-state index contributed by atoms with van der Waals surface area (Å²) in [5, 5.41) is 14.5. The van der Waals surface area contributed by atoms with E-state index in [-0.39, 0.29) is 18.9 Å². The summed E-state index contributed by atoms with van der Waals surface area (Å²) in [6.45, 7) is 0.0264. The van der Waals surface area contributed by atoms with Gasteiger partial charge in [0.25, 0.3) is 0 Å². The molecule has 0 saturated carbocycles. The summed E-state index contributed by atoms with van der Waals surface area (Å²) in [5.41, 5.74) is 6.51. The quantitative estimate of drug-likeness (QED) is 0.486. The zero-order valence-electron chi connectivity index (χ0n) is 16.8. The summed E-state index contributed by atoms with van der Waals surface area (Å²) in [5.74, 6) is 0.402. The predicted octanol–water partition coefficient (Wildman–Crippen LogP) is 4.64. The maximum atomic E-state index is 12.7. The van der Waals surface area contributed by atoms with E-state index >= 15 is 0 Å². The van der Waals surface area contributed by atoms with Crippen molar-refractivity contribution in [2.24, 2.45) is 0 Å². The average Bonchev–Trinajstić information content (AvgIpc) is 3.33. The van der Waals surface area contributed by atoms with E-state index < -0.39 is 0 Å². The van der Waals surface area contributed by atoms with Crippen molar-refractivity contribution in [3.05, 3.63) is 88.4 Å². The zero-order chi connectivity index (χ0) is 21.2. The van der Waals surface area contributed by atoms with Gasteiger partial charge in [0.2, 0.25) is 5.91 Å². The SMILES string of the molecule is O=C(Cc1ccccc1)Nc1nc2c(nc1-c1cccs1)-c1ccc(CO)cc1CC2. The molecule has 0 saturated heterocycles. The Morgan fingerprint density at radius 1 is 0.968 bits per heavy atom. The average molecular weight is 428 g/mol. The van der Waals surface area contributed by atoms with Gasteiger partial charge in [-0.25, -0.2) is 9.97 Å². The second-order valence-corrected chi connectivity index (χ2v) is 8.50. The Kier molecular flexibility index (Phi) is 5.32. The first-order chi connectivity index (χ1) is 15.2. The van der Waals surface area contributed by atoms with Crippen molar-refractivity contribution in [1.29, 1.82) is 0 Å². The van der Waals surface area contributed by atoms with Crippen LogP contribution in [0, 0.1) is 0 Å². The Hall–Kier alpha value is -3.35. The molecular formula is C25H21N3O2S. The minimum absolute atomic E-state index is 0.0264. The number of aliphatic hydroxyl groups excluding tert-OH is 1. The van der Waals surface area contributed by atoms with Gasteiger partial charge in [-0.2, -0.15) is 0 Å². The Morgan fingerprint density at radius 3 is 2.61 bits per heavy atom. The number of aryl methyl sites for hydroxylation is 2. The fraction of sp³-hybridized carbons (Fsp3) is 0.160. The van der Waals surface area contributed by atoms with Crippen LogP contribution in [-0.2, 0) is 30.7 Å². The lowest BCUT2D eigenvalue weighted by Gasteiger charge is -2.21. The minimum atomic E-state index is -0.109. The van der Waals surface area contributed by atoms with Crippen LogP contribution in [0.3, 0.4) is 0 Å². The Morgan fingerprint density at radius 2 is 1.84 bits per heavy atom. The number of nitrogens with one attached hydrogen (secondary N) is 1. The molecule has 0 atom stereocenters. The van der Waals surface area contributed by atoms with E-state index in [9.17, 15) is 9.90 Å². The standard InChI is InChI=1S/C25H21N3O2S/c29-15-17-8-10-19-18(13-17)9-11-20-23(19)28-24(21-7-4-12-31-21)25(26-20)27-22(30)14-16-5-2-1-3-6-16/h1-8,10,12-13,29H,9,11,14-15H2,(H,26,27,30). The molecule has 2 heterocycles. The molecule has 31 heavy (non-hydrogen) atoms. The molecule has 0 fully saturated rings. The molecule has 1 aliphatic rings. The third-order valence-electron chi connectivity index (χ3n) is 5.43. The number of carbonyl (C=O) groups excluding carboxylic acids is 1. The molecular weight excluding hydrogens is 406 g/mol. The number of carbonyl (C=O) groups is 1. The first-order valence-corrected chi connectivity index (χ1v) is 11.1. The third-order valence-corrected chi connectivity index (χ3v) is 6.30. The summed E-state index contributed by atoms with van der Waals surface area (Å²) >= 11 is 1.57. The maximum Gasteiger partial charge on any atom is 0.230 e. The number of hydrogen-bond donors (Lipinski definition) is 2. The van der Waals surface area contributed by atoms with Gasteiger partial charge in [-0.15, -0.1) is 11.3 Å². The number of benzene rings is 2. The van der Waals surface area contributed by atoms with E-state index in [1.807, 2.05) is 66.0 Å². The topological polar surface area (TPSA) is 75.1 Å². The third kappa shape index (κ3) is 4.00. The molecule has 6 heteroatoms. The maximum absolute atomic E-state index is 12.7. The first-order valence-electron chi connectivity index (χ1n) is 10.2. The fourth-order valence-corrected chi connectivity index (χ4v) is 4.64. The van der Waals surface area contributed by atoms with Gasteiger partial charge in [0, 0.05) is 5.56 Å². The molecule has 2 aromatic carbocycles. The number of anilines is 1. The van der Waals surface area contributed by atoms with Gasteiger partial charge in [0.1, 0.15) is 5.69 Å².